The number of carbonyl (C=O) groups is 1. The van der Waals surface area contributed by atoms with Crippen molar-refractivity contribution in [1.29, 1.82) is 0 Å². The Morgan fingerprint density at radius 1 is 1.16 bits per heavy atom. The predicted octanol–water partition coefficient (Wildman–Crippen LogP) is 5.45. The fourth-order valence-corrected chi connectivity index (χ4v) is 4.25. The Morgan fingerprint density at radius 2 is 2.04 bits per heavy atom. The molecule has 1 N–H and O–H groups in total. The zero-order chi connectivity index (χ0) is 17.2. The number of amides is 1. The molecule has 1 aromatic heterocycles. The molecule has 3 aromatic rings. The summed E-state index contributed by atoms with van der Waals surface area (Å²) >= 11 is 7.69. The minimum Gasteiger partial charge on any atom is -0.489 e. The Bertz CT molecular complexity index is 921. The van der Waals surface area contributed by atoms with E-state index in [1.807, 2.05) is 53.9 Å². The van der Waals surface area contributed by atoms with Gasteiger partial charge in [0, 0.05) is 22.2 Å². The second-order valence-electron chi connectivity index (χ2n) is 5.99. The Balaban J connectivity index is 1.55. The van der Waals surface area contributed by atoms with Gasteiger partial charge in [0.15, 0.2) is 0 Å². The molecule has 4 rings (SSSR count). The van der Waals surface area contributed by atoms with Crippen molar-refractivity contribution in [1.82, 2.24) is 0 Å². The number of nitrogens with one attached hydrogen (secondary N) is 1. The van der Waals surface area contributed by atoms with E-state index in [-0.39, 0.29) is 11.8 Å². The van der Waals surface area contributed by atoms with Gasteiger partial charge in [0.25, 0.3) is 0 Å². The largest absolute Gasteiger partial charge is 0.489 e. The van der Waals surface area contributed by atoms with E-state index in [2.05, 4.69) is 11.4 Å². The minimum absolute atomic E-state index is 0.0566. The van der Waals surface area contributed by atoms with E-state index in [9.17, 15) is 4.79 Å². The normalized spacial score (nSPS) is 16.2. The molecule has 0 unspecified atom stereocenters. The fraction of sp³-hybridized carbons (Fsp3) is 0.150. The van der Waals surface area contributed by atoms with Crippen molar-refractivity contribution in [2.45, 2.75) is 18.9 Å². The summed E-state index contributed by atoms with van der Waals surface area (Å²) in [6.45, 7) is 0.458. The quantitative estimate of drug-likeness (QED) is 0.663. The highest BCUT2D eigenvalue weighted by atomic mass is 35.5. The highest BCUT2D eigenvalue weighted by Gasteiger charge is 2.27. The van der Waals surface area contributed by atoms with Crippen LogP contribution in [-0.2, 0) is 11.4 Å². The van der Waals surface area contributed by atoms with Crippen LogP contribution in [-0.4, -0.2) is 5.91 Å². The molecule has 0 radical (unpaired) electrons. The van der Waals surface area contributed by atoms with Gasteiger partial charge in [-0.2, -0.15) is 0 Å². The fourth-order valence-electron chi connectivity index (χ4n) is 3.06. The monoisotopic (exact) mass is 369 g/mol. The Hall–Kier alpha value is -2.30. The van der Waals surface area contributed by atoms with Crippen LogP contribution in [0, 0.1) is 0 Å². The van der Waals surface area contributed by atoms with E-state index in [4.69, 9.17) is 16.3 Å². The molecule has 1 aliphatic rings. The number of thiophene rings is 1. The summed E-state index contributed by atoms with van der Waals surface area (Å²) in [6.07, 6.45) is 0.464. The van der Waals surface area contributed by atoms with Crippen LogP contribution < -0.4 is 10.1 Å². The van der Waals surface area contributed by atoms with Crippen LogP contribution in [0.4, 0.5) is 5.69 Å². The summed E-state index contributed by atoms with van der Waals surface area (Å²) in [4.78, 5) is 13.2. The minimum atomic E-state index is 0.0566. The molecule has 2 aromatic carbocycles. The Labute approximate surface area is 155 Å². The van der Waals surface area contributed by atoms with Crippen LogP contribution in [0.15, 0.2) is 60.0 Å². The summed E-state index contributed by atoms with van der Waals surface area (Å²) in [5.41, 5.74) is 3.05. The van der Waals surface area contributed by atoms with Crippen molar-refractivity contribution in [3.63, 3.8) is 0 Å². The molecular formula is C20H16ClNO2S. The first-order valence-corrected chi connectivity index (χ1v) is 9.29. The zero-order valence-corrected chi connectivity index (χ0v) is 14.9. The summed E-state index contributed by atoms with van der Waals surface area (Å²) in [6, 6.07) is 17.6. The number of anilines is 1. The topological polar surface area (TPSA) is 38.3 Å². The van der Waals surface area contributed by atoms with E-state index >= 15 is 0 Å². The van der Waals surface area contributed by atoms with Crippen molar-refractivity contribution >= 4 is 34.5 Å². The third-order valence-electron chi connectivity index (χ3n) is 4.23. The molecule has 0 aliphatic carbocycles. The number of halogens is 1. The first-order valence-electron chi connectivity index (χ1n) is 8.03. The van der Waals surface area contributed by atoms with Crippen LogP contribution in [0.3, 0.4) is 0 Å². The van der Waals surface area contributed by atoms with Crippen molar-refractivity contribution in [3.8, 4) is 5.75 Å². The van der Waals surface area contributed by atoms with Gasteiger partial charge in [-0.05, 0) is 46.8 Å². The zero-order valence-electron chi connectivity index (χ0n) is 13.4. The summed E-state index contributed by atoms with van der Waals surface area (Å²) in [5.74, 6) is 0.932. The molecule has 2 heterocycles. The lowest BCUT2D eigenvalue weighted by molar-refractivity contribution is -0.116. The van der Waals surface area contributed by atoms with Crippen LogP contribution in [0.2, 0.25) is 5.02 Å². The molecule has 1 amide bonds. The standard InChI is InChI=1S/C20H16ClNO2S/c21-15-5-1-3-13(9-15)12-24-16-6-2-4-14(10-16)17-11-19(23)22-18-7-8-25-20(17)18/h1-10,17H,11-12H2,(H,22,23)/t17-/m1/s1. The Kier molecular flexibility index (Phi) is 4.47. The van der Waals surface area contributed by atoms with Gasteiger partial charge < -0.3 is 10.1 Å². The van der Waals surface area contributed by atoms with Crippen molar-refractivity contribution in [3.05, 3.63) is 81.0 Å². The number of hydrogen-bond acceptors (Lipinski definition) is 3. The number of benzene rings is 2. The molecule has 0 spiro atoms. The van der Waals surface area contributed by atoms with Crippen LogP contribution in [0.25, 0.3) is 0 Å². The van der Waals surface area contributed by atoms with Crippen molar-refractivity contribution < 1.29 is 9.53 Å². The highest BCUT2D eigenvalue weighted by Crippen LogP contribution is 2.41. The van der Waals surface area contributed by atoms with Gasteiger partial charge >= 0.3 is 0 Å². The van der Waals surface area contributed by atoms with Crippen LogP contribution in [0.5, 0.6) is 5.75 Å². The van der Waals surface area contributed by atoms with Gasteiger partial charge in [-0.15, -0.1) is 11.3 Å². The number of hydrogen-bond donors (Lipinski definition) is 1. The average Bonchev–Trinajstić information content (AvgIpc) is 3.08. The molecule has 0 saturated carbocycles. The van der Waals surface area contributed by atoms with Crippen molar-refractivity contribution in [2.24, 2.45) is 0 Å². The number of rotatable bonds is 4. The maximum absolute atomic E-state index is 12.0. The van der Waals surface area contributed by atoms with E-state index in [1.165, 1.54) is 4.88 Å². The second-order valence-corrected chi connectivity index (χ2v) is 7.38. The second kappa shape index (κ2) is 6.90. The molecule has 1 atom stereocenters. The maximum Gasteiger partial charge on any atom is 0.225 e. The molecule has 5 heteroatoms. The van der Waals surface area contributed by atoms with Gasteiger partial charge in [-0.3, -0.25) is 4.79 Å². The third-order valence-corrected chi connectivity index (χ3v) is 5.50. The molecule has 1 aliphatic heterocycles. The SMILES string of the molecule is O=C1C[C@H](c2cccc(OCc3cccc(Cl)c3)c2)c2sccc2N1. The van der Waals surface area contributed by atoms with E-state index < -0.39 is 0 Å². The summed E-state index contributed by atoms with van der Waals surface area (Å²) < 4.78 is 5.92. The molecule has 0 fully saturated rings. The summed E-state index contributed by atoms with van der Waals surface area (Å²) in [5, 5.41) is 5.65. The smallest absolute Gasteiger partial charge is 0.225 e. The van der Waals surface area contributed by atoms with Gasteiger partial charge in [0.1, 0.15) is 12.4 Å². The van der Waals surface area contributed by atoms with Crippen LogP contribution in [0.1, 0.15) is 28.3 Å². The molecular weight excluding hydrogens is 354 g/mol. The van der Waals surface area contributed by atoms with Gasteiger partial charge in [0.05, 0.1) is 5.69 Å². The van der Waals surface area contributed by atoms with Gasteiger partial charge in [0.2, 0.25) is 5.91 Å². The number of ether oxygens (including phenoxy) is 1. The molecule has 3 nitrogen and oxygen atoms in total. The van der Waals surface area contributed by atoms with Crippen molar-refractivity contribution in [2.75, 3.05) is 5.32 Å². The van der Waals surface area contributed by atoms with E-state index in [1.54, 1.807) is 11.3 Å². The third kappa shape index (κ3) is 3.55. The predicted molar refractivity (Wildman–Crippen MR) is 102 cm³/mol. The average molecular weight is 370 g/mol. The molecule has 0 saturated heterocycles. The lowest BCUT2D eigenvalue weighted by Crippen LogP contribution is -2.21. The summed E-state index contributed by atoms with van der Waals surface area (Å²) in [7, 11) is 0. The Morgan fingerprint density at radius 3 is 2.92 bits per heavy atom. The van der Waals surface area contributed by atoms with E-state index in [0.717, 1.165) is 22.6 Å². The lowest BCUT2D eigenvalue weighted by Gasteiger charge is -2.23. The highest BCUT2D eigenvalue weighted by molar-refractivity contribution is 7.10. The van der Waals surface area contributed by atoms with Crippen LogP contribution >= 0.6 is 22.9 Å². The van der Waals surface area contributed by atoms with Gasteiger partial charge in [-0.25, -0.2) is 0 Å². The number of fused-ring (bicyclic) bond motifs is 1. The van der Waals surface area contributed by atoms with Gasteiger partial charge in [-0.1, -0.05) is 35.9 Å². The lowest BCUT2D eigenvalue weighted by atomic mass is 9.90. The molecule has 126 valence electrons. The van der Waals surface area contributed by atoms with E-state index in [0.29, 0.717) is 18.1 Å². The number of carbonyl (C=O) groups excluding carboxylic acids is 1. The maximum atomic E-state index is 12.0. The molecule has 0 bridgehead atoms. The first-order chi connectivity index (χ1) is 12.2. The molecule has 25 heavy (non-hydrogen) atoms. The first kappa shape index (κ1) is 16.2.